The average Bonchev–Trinajstić information content (AvgIpc) is 1.96. The highest BCUT2D eigenvalue weighted by Crippen LogP contribution is 2.28. The van der Waals surface area contributed by atoms with E-state index in [4.69, 9.17) is 10.5 Å². The van der Waals surface area contributed by atoms with Gasteiger partial charge in [-0.05, 0) is 19.8 Å². The lowest BCUT2D eigenvalue weighted by molar-refractivity contribution is -0.117. The van der Waals surface area contributed by atoms with Gasteiger partial charge in [0.25, 0.3) is 0 Å². The van der Waals surface area contributed by atoms with E-state index in [-0.39, 0.29) is 5.41 Å². The molecule has 1 N–H and O–H groups in total. The number of nitriles is 1. The predicted octanol–water partition coefficient (Wildman–Crippen LogP) is 1.00. The van der Waals surface area contributed by atoms with Crippen LogP contribution in [0.2, 0.25) is 0 Å². The molecule has 0 aromatic heterocycles. The molecule has 10 heavy (non-hydrogen) atoms. The Morgan fingerprint density at radius 2 is 2.00 bits per heavy atom. The molecular weight excluding hydrogens is 128 g/mol. The van der Waals surface area contributed by atoms with Gasteiger partial charge in [-0.3, -0.25) is 0 Å². The molecule has 0 unspecified atom stereocenters. The lowest BCUT2D eigenvalue weighted by atomic mass is 9.83. The molecule has 0 radical (unpaired) electrons. The summed E-state index contributed by atoms with van der Waals surface area (Å²) < 4.78 is 0. The standard InChI is InChI=1S/C7H12N2O/c1-7(6-8)2-4-9(10)5-3-7/h10H,2-5H2,1H3. The van der Waals surface area contributed by atoms with Crippen molar-refractivity contribution in [1.29, 1.82) is 5.26 Å². The van der Waals surface area contributed by atoms with E-state index in [1.54, 1.807) is 0 Å². The number of hydrogen-bond acceptors (Lipinski definition) is 3. The maximum atomic E-state index is 8.96. The van der Waals surface area contributed by atoms with Crippen molar-refractivity contribution in [1.82, 2.24) is 5.06 Å². The minimum atomic E-state index is -0.195. The van der Waals surface area contributed by atoms with Crippen molar-refractivity contribution in [3.63, 3.8) is 0 Å². The number of rotatable bonds is 0. The van der Waals surface area contributed by atoms with Gasteiger partial charge < -0.3 is 5.21 Å². The lowest BCUT2D eigenvalue weighted by Crippen LogP contribution is -2.35. The maximum absolute atomic E-state index is 8.96. The van der Waals surface area contributed by atoms with E-state index < -0.39 is 0 Å². The summed E-state index contributed by atoms with van der Waals surface area (Å²) in [4.78, 5) is 0. The van der Waals surface area contributed by atoms with Crippen molar-refractivity contribution >= 4 is 0 Å². The second-order valence-corrected chi connectivity index (χ2v) is 3.13. The number of hydrogen-bond donors (Lipinski definition) is 1. The van der Waals surface area contributed by atoms with Crippen LogP contribution in [0.15, 0.2) is 0 Å². The molecule has 1 aliphatic heterocycles. The molecule has 0 aliphatic carbocycles. The van der Waals surface area contributed by atoms with E-state index in [9.17, 15) is 0 Å². The molecule has 3 nitrogen and oxygen atoms in total. The number of piperidine rings is 1. The Balaban J connectivity index is 2.48. The highest BCUT2D eigenvalue weighted by molar-refractivity contribution is 4.97. The van der Waals surface area contributed by atoms with Crippen molar-refractivity contribution < 1.29 is 5.21 Å². The van der Waals surface area contributed by atoms with E-state index in [1.165, 1.54) is 5.06 Å². The van der Waals surface area contributed by atoms with Gasteiger partial charge in [0.15, 0.2) is 0 Å². The molecule has 1 rings (SSSR count). The minimum absolute atomic E-state index is 0.195. The average molecular weight is 140 g/mol. The molecule has 0 amide bonds. The third kappa shape index (κ3) is 1.47. The molecule has 1 fully saturated rings. The van der Waals surface area contributed by atoms with Gasteiger partial charge in [0.2, 0.25) is 0 Å². The third-order valence-electron chi connectivity index (χ3n) is 2.11. The van der Waals surface area contributed by atoms with Gasteiger partial charge in [-0.1, -0.05) is 0 Å². The first-order valence-electron chi connectivity index (χ1n) is 3.51. The molecule has 3 heteroatoms. The molecule has 1 heterocycles. The van der Waals surface area contributed by atoms with Crippen molar-refractivity contribution in [2.24, 2.45) is 5.41 Å². The molecule has 0 aromatic rings. The molecule has 1 saturated heterocycles. The summed E-state index contributed by atoms with van der Waals surface area (Å²) in [6.45, 7) is 3.20. The van der Waals surface area contributed by atoms with Gasteiger partial charge in [0.1, 0.15) is 0 Å². The van der Waals surface area contributed by atoms with E-state index >= 15 is 0 Å². The van der Waals surface area contributed by atoms with Crippen LogP contribution in [-0.2, 0) is 0 Å². The first-order chi connectivity index (χ1) is 4.66. The highest BCUT2D eigenvalue weighted by Gasteiger charge is 2.28. The summed E-state index contributed by atoms with van der Waals surface area (Å²) in [6, 6.07) is 2.26. The van der Waals surface area contributed by atoms with E-state index in [0.29, 0.717) is 13.1 Å². The molecule has 56 valence electrons. The molecular formula is C7H12N2O. The molecule has 0 aromatic carbocycles. The fraction of sp³-hybridized carbons (Fsp3) is 0.857. The van der Waals surface area contributed by atoms with E-state index in [2.05, 4.69) is 6.07 Å². The fourth-order valence-electron chi connectivity index (χ4n) is 1.10. The van der Waals surface area contributed by atoms with Crippen LogP contribution < -0.4 is 0 Å². The summed E-state index contributed by atoms with van der Waals surface area (Å²) in [6.07, 6.45) is 1.56. The van der Waals surface area contributed by atoms with Gasteiger partial charge >= 0.3 is 0 Å². The van der Waals surface area contributed by atoms with Crippen molar-refractivity contribution in [3.05, 3.63) is 0 Å². The predicted molar refractivity (Wildman–Crippen MR) is 36.3 cm³/mol. The quantitative estimate of drug-likeness (QED) is 0.546. The number of nitrogens with zero attached hydrogens (tertiary/aromatic N) is 2. The Morgan fingerprint density at radius 3 is 2.40 bits per heavy atom. The topological polar surface area (TPSA) is 47.3 Å². The van der Waals surface area contributed by atoms with Gasteiger partial charge in [-0.2, -0.15) is 10.3 Å². The summed E-state index contributed by atoms with van der Waals surface area (Å²) in [7, 11) is 0. The molecule has 0 atom stereocenters. The van der Waals surface area contributed by atoms with Crippen molar-refractivity contribution in [2.75, 3.05) is 13.1 Å². The zero-order valence-electron chi connectivity index (χ0n) is 6.17. The third-order valence-corrected chi connectivity index (χ3v) is 2.11. The van der Waals surface area contributed by atoms with Gasteiger partial charge in [0, 0.05) is 13.1 Å². The second-order valence-electron chi connectivity index (χ2n) is 3.13. The SMILES string of the molecule is CC1(C#N)CCN(O)CC1. The van der Waals surface area contributed by atoms with E-state index in [0.717, 1.165) is 12.8 Å². The zero-order valence-corrected chi connectivity index (χ0v) is 6.17. The summed E-state index contributed by atoms with van der Waals surface area (Å²) in [5, 5.41) is 18.9. The van der Waals surface area contributed by atoms with Gasteiger partial charge in [-0.25, -0.2) is 0 Å². The molecule has 0 spiro atoms. The summed E-state index contributed by atoms with van der Waals surface area (Å²) >= 11 is 0. The van der Waals surface area contributed by atoms with Crippen LogP contribution in [0, 0.1) is 16.7 Å². The number of hydroxylamine groups is 2. The van der Waals surface area contributed by atoms with Crippen LogP contribution in [0.1, 0.15) is 19.8 Å². The minimum Gasteiger partial charge on any atom is -0.314 e. The summed E-state index contributed by atoms with van der Waals surface area (Å²) in [5.74, 6) is 0. The van der Waals surface area contributed by atoms with Crippen molar-refractivity contribution in [3.8, 4) is 6.07 Å². The van der Waals surface area contributed by atoms with Crippen LogP contribution in [0.3, 0.4) is 0 Å². The van der Waals surface area contributed by atoms with E-state index in [1.807, 2.05) is 6.92 Å². The van der Waals surface area contributed by atoms with Crippen LogP contribution in [0.5, 0.6) is 0 Å². The smallest absolute Gasteiger partial charge is 0.0687 e. The van der Waals surface area contributed by atoms with Gasteiger partial charge in [-0.15, -0.1) is 0 Å². The first kappa shape index (κ1) is 7.52. The Hall–Kier alpha value is -0.590. The Bertz CT molecular complexity index is 153. The maximum Gasteiger partial charge on any atom is 0.0687 e. The molecule has 1 aliphatic rings. The summed E-state index contributed by atoms with van der Waals surface area (Å²) in [5.41, 5.74) is -0.195. The first-order valence-corrected chi connectivity index (χ1v) is 3.51. The Morgan fingerprint density at radius 1 is 1.50 bits per heavy atom. The molecule has 0 bridgehead atoms. The van der Waals surface area contributed by atoms with Crippen LogP contribution in [0.25, 0.3) is 0 Å². The van der Waals surface area contributed by atoms with Crippen LogP contribution >= 0.6 is 0 Å². The normalized spacial score (nSPS) is 25.7. The Kier molecular flexibility index (Phi) is 1.93. The second kappa shape index (κ2) is 2.57. The van der Waals surface area contributed by atoms with Crippen LogP contribution in [0.4, 0.5) is 0 Å². The fourth-order valence-corrected chi connectivity index (χ4v) is 1.10. The highest BCUT2D eigenvalue weighted by atomic mass is 16.5. The zero-order chi connectivity index (χ0) is 7.61. The lowest BCUT2D eigenvalue weighted by Gasteiger charge is -2.30. The largest absolute Gasteiger partial charge is 0.314 e. The molecule has 0 saturated carbocycles. The van der Waals surface area contributed by atoms with Crippen molar-refractivity contribution in [2.45, 2.75) is 19.8 Å². The Labute approximate surface area is 60.8 Å². The van der Waals surface area contributed by atoms with Gasteiger partial charge in [0.05, 0.1) is 11.5 Å². The van der Waals surface area contributed by atoms with Crippen LogP contribution in [-0.4, -0.2) is 23.4 Å². The monoisotopic (exact) mass is 140 g/mol.